The van der Waals surface area contributed by atoms with Gasteiger partial charge in [-0.2, -0.15) is 0 Å². The largest absolute Gasteiger partial charge is 0.492 e. The Kier molecular flexibility index (Phi) is 6.47. The summed E-state index contributed by atoms with van der Waals surface area (Å²) in [5, 5.41) is 6.40. The molecule has 1 saturated carbocycles. The number of nitrogens with zero attached hydrogens (tertiary/aromatic N) is 1. The maximum Gasteiger partial charge on any atom is 0.253 e. The average molecular weight is 353 g/mol. The molecule has 1 aliphatic carbocycles. The summed E-state index contributed by atoms with van der Waals surface area (Å²) < 4.78 is 5.61. The van der Waals surface area contributed by atoms with Gasteiger partial charge in [0.15, 0.2) is 0 Å². The Morgan fingerprint density at radius 1 is 1.12 bits per heavy atom. The standard InChI is InChI=1S/C21H27N3O2/c1-2-26-19-12-8-7-11-18(19)24-20-14-13-16(15-22-20)21(25)23-17-9-5-3-4-6-10-17/h7-8,11-15,17H,2-6,9-10H2,1H3,(H,22,24)(H,23,25). The van der Waals surface area contributed by atoms with Crippen LogP contribution in [0.25, 0.3) is 0 Å². The monoisotopic (exact) mass is 353 g/mol. The third-order valence-electron chi connectivity index (χ3n) is 4.67. The molecule has 1 aromatic carbocycles. The van der Waals surface area contributed by atoms with E-state index in [1.165, 1.54) is 25.7 Å². The van der Waals surface area contributed by atoms with Gasteiger partial charge in [0, 0.05) is 12.2 Å². The SMILES string of the molecule is CCOc1ccccc1Nc1ccc(C(=O)NC2CCCCCC2)cn1. The average Bonchev–Trinajstić information content (AvgIpc) is 2.93. The molecule has 0 spiro atoms. The van der Waals surface area contributed by atoms with E-state index in [4.69, 9.17) is 4.74 Å². The molecule has 3 rings (SSSR count). The molecule has 2 aromatic rings. The summed E-state index contributed by atoms with van der Waals surface area (Å²) in [6, 6.07) is 11.7. The molecule has 0 unspecified atom stereocenters. The molecule has 26 heavy (non-hydrogen) atoms. The lowest BCUT2D eigenvalue weighted by Gasteiger charge is -2.16. The summed E-state index contributed by atoms with van der Waals surface area (Å²) in [7, 11) is 0. The van der Waals surface area contributed by atoms with Gasteiger partial charge in [-0.3, -0.25) is 4.79 Å². The summed E-state index contributed by atoms with van der Waals surface area (Å²) in [6.45, 7) is 2.56. The molecule has 1 aromatic heterocycles. The van der Waals surface area contributed by atoms with E-state index in [1.807, 2.05) is 43.3 Å². The lowest BCUT2D eigenvalue weighted by atomic mass is 10.1. The van der Waals surface area contributed by atoms with Crippen LogP contribution in [0.5, 0.6) is 5.75 Å². The van der Waals surface area contributed by atoms with Gasteiger partial charge in [0.25, 0.3) is 5.91 Å². The number of aromatic nitrogens is 1. The number of carbonyl (C=O) groups is 1. The number of ether oxygens (including phenoxy) is 1. The summed E-state index contributed by atoms with van der Waals surface area (Å²) in [5.41, 5.74) is 1.45. The van der Waals surface area contributed by atoms with Crippen LogP contribution in [0.4, 0.5) is 11.5 Å². The number of carbonyl (C=O) groups excluding carboxylic acids is 1. The maximum atomic E-state index is 12.4. The predicted octanol–water partition coefficient (Wildman–Crippen LogP) is 4.68. The molecule has 1 fully saturated rings. The second kappa shape index (κ2) is 9.22. The third-order valence-corrected chi connectivity index (χ3v) is 4.67. The minimum Gasteiger partial charge on any atom is -0.492 e. The first-order chi connectivity index (χ1) is 12.8. The van der Waals surface area contributed by atoms with E-state index < -0.39 is 0 Å². The molecule has 1 aliphatic rings. The van der Waals surface area contributed by atoms with E-state index in [0.717, 1.165) is 24.3 Å². The number of benzene rings is 1. The van der Waals surface area contributed by atoms with Crippen LogP contribution in [-0.2, 0) is 0 Å². The minimum atomic E-state index is -0.0364. The summed E-state index contributed by atoms with van der Waals surface area (Å²) in [4.78, 5) is 16.8. The summed E-state index contributed by atoms with van der Waals surface area (Å²) in [6.07, 6.45) is 8.73. The maximum absolute atomic E-state index is 12.4. The normalized spacial score (nSPS) is 15.1. The second-order valence-corrected chi connectivity index (χ2v) is 6.65. The lowest BCUT2D eigenvalue weighted by molar-refractivity contribution is 0.0933. The lowest BCUT2D eigenvalue weighted by Crippen LogP contribution is -2.34. The van der Waals surface area contributed by atoms with Crippen LogP contribution >= 0.6 is 0 Å². The van der Waals surface area contributed by atoms with E-state index in [1.54, 1.807) is 6.20 Å². The van der Waals surface area contributed by atoms with Gasteiger partial charge in [-0.15, -0.1) is 0 Å². The second-order valence-electron chi connectivity index (χ2n) is 6.65. The van der Waals surface area contributed by atoms with Crippen molar-refractivity contribution in [3.63, 3.8) is 0 Å². The highest BCUT2D eigenvalue weighted by atomic mass is 16.5. The van der Waals surface area contributed by atoms with Gasteiger partial charge >= 0.3 is 0 Å². The van der Waals surface area contributed by atoms with Crippen LogP contribution in [0, 0.1) is 0 Å². The predicted molar refractivity (Wildman–Crippen MR) is 104 cm³/mol. The van der Waals surface area contributed by atoms with Gasteiger partial charge in [0.2, 0.25) is 0 Å². The highest BCUT2D eigenvalue weighted by Gasteiger charge is 2.16. The third kappa shape index (κ3) is 4.97. The molecule has 0 radical (unpaired) electrons. The van der Waals surface area contributed by atoms with Crippen molar-refractivity contribution in [1.29, 1.82) is 0 Å². The van der Waals surface area contributed by atoms with Crippen molar-refractivity contribution in [2.75, 3.05) is 11.9 Å². The van der Waals surface area contributed by atoms with Gasteiger partial charge in [0.05, 0.1) is 17.9 Å². The molecule has 5 nitrogen and oxygen atoms in total. The molecule has 0 atom stereocenters. The van der Waals surface area contributed by atoms with E-state index in [2.05, 4.69) is 15.6 Å². The Hall–Kier alpha value is -2.56. The van der Waals surface area contributed by atoms with Crippen LogP contribution in [0.1, 0.15) is 55.8 Å². The minimum absolute atomic E-state index is 0.0364. The van der Waals surface area contributed by atoms with Gasteiger partial charge in [-0.1, -0.05) is 37.8 Å². The van der Waals surface area contributed by atoms with Crippen molar-refractivity contribution in [3.8, 4) is 5.75 Å². The highest BCUT2D eigenvalue weighted by Crippen LogP contribution is 2.26. The van der Waals surface area contributed by atoms with E-state index in [-0.39, 0.29) is 5.91 Å². The number of nitrogens with one attached hydrogen (secondary N) is 2. The number of amides is 1. The highest BCUT2D eigenvalue weighted by molar-refractivity contribution is 5.94. The van der Waals surface area contributed by atoms with Crippen molar-refractivity contribution in [3.05, 3.63) is 48.2 Å². The fourth-order valence-electron chi connectivity index (χ4n) is 3.28. The summed E-state index contributed by atoms with van der Waals surface area (Å²) >= 11 is 0. The van der Waals surface area contributed by atoms with Crippen molar-refractivity contribution in [1.82, 2.24) is 10.3 Å². The zero-order valence-electron chi connectivity index (χ0n) is 15.3. The molecule has 1 heterocycles. The molecule has 5 heteroatoms. The van der Waals surface area contributed by atoms with Crippen LogP contribution in [0.2, 0.25) is 0 Å². The fraction of sp³-hybridized carbons (Fsp3) is 0.429. The number of rotatable bonds is 6. The Morgan fingerprint density at radius 3 is 2.58 bits per heavy atom. The number of hydrogen-bond donors (Lipinski definition) is 2. The number of para-hydroxylation sites is 2. The molecule has 1 amide bonds. The van der Waals surface area contributed by atoms with Crippen molar-refractivity contribution < 1.29 is 9.53 Å². The molecule has 138 valence electrons. The van der Waals surface area contributed by atoms with Gasteiger partial charge in [-0.25, -0.2) is 4.98 Å². The van der Waals surface area contributed by atoms with Gasteiger partial charge < -0.3 is 15.4 Å². The molecular formula is C21H27N3O2. The first kappa shape index (κ1) is 18.2. The van der Waals surface area contributed by atoms with Crippen LogP contribution in [-0.4, -0.2) is 23.5 Å². The molecule has 0 aliphatic heterocycles. The Morgan fingerprint density at radius 2 is 1.88 bits per heavy atom. The zero-order valence-corrected chi connectivity index (χ0v) is 15.3. The number of anilines is 2. The molecule has 2 N–H and O–H groups in total. The van der Waals surface area contributed by atoms with Crippen LogP contribution < -0.4 is 15.4 Å². The van der Waals surface area contributed by atoms with Crippen LogP contribution in [0.15, 0.2) is 42.6 Å². The molecular weight excluding hydrogens is 326 g/mol. The number of hydrogen-bond acceptors (Lipinski definition) is 4. The smallest absolute Gasteiger partial charge is 0.253 e. The fourth-order valence-corrected chi connectivity index (χ4v) is 3.28. The topological polar surface area (TPSA) is 63.2 Å². The molecule has 0 saturated heterocycles. The van der Waals surface area contributed by atoms with Crippen molar-refractivity contribution >= 4 is 17.4 Å². The summed E-state index contributed by atoms with van der Waals surface area (Å²) in [5.74, 6) is 1.43. The van der Waals surface area contributed by atoms with E-state index in [9.17, 15) is 4.79 Å². The van der Waals surface area contributed by atoms with Crippen molar-refractivity contribution in [2.24, 2.45) is 0 Å². The van der Waals surface area contributed by atoms with Gasteiger partial charge in [-0.05, 0) is 44.0 Å². The first-order valence-electron chi connectivity index (χ1n) is 9.52. The Balaban J connectivity index is 1.62. The van der Waals surface area contributed by atoms with Gasteiger partial charge in [0.1, 0.15) is 11.6 Å². The van der Waals surface area contributed by atoms with Crippen molar-refractivity contribution in [2.45, 2.75) is 51.5 Å². The number of pyridine rings is 1. The van der Waals surface area contributed by atoms with E-state index in [0.29, 0.717) is 24.0 Å². The first-order valence-corrected chi connectivity index (χ1v) is 9.52. The van der Waals surface area contributed by atoms with E-state index >= 15 is 0 Å². The molecule has 0 bridgehead atoms. The zero-order chi connectivity index (χ0) is 18.2. The Labute approximate surface area is 155 Å². The van der Waals surface area contributed by atoms with Crippen LogP contribution in [0.3, 0.4) is 0 Å². The Bertz CT molecular complexity index is 707. The quantitative estimate of drug-likeness (QED) is 0.740.